The van der Waals surface area contributed by atoms with E-state index in [1.54, 1.807) is 12.1 Å². The Balaban J connectivity index is 1.50. The molecule has 0 saturated heterocycles. The molecule has 0 unspecified atom stereocenters. The van der Waals surface area contributed by atoms with Gasteiger partial charge in [-0.2, -0.15) is 0 Å². The van der Waals surface area contributed by atoms with Crippen LogP contribution in [0.5, 0.6) is 0 Å². The number of halogens is 1. The quantitative estimate of drug-likeness (QED) is 0.514. The van der Waals surface area contributed by atoms with Gasteiger partial charge in [0.2, 0.25) is 0 Å². The van der Waals surface area contributed by atoms with Crippen LogP contribution in [0.1, 0.15) is 27.0 Å². The summed E-state index contributed by atoms with van der Waals surface area (Å²) >= 11 is 6.35. The van der Waals surface area contributed by atoms with Crippen LogP contribution in [0.3, 0.4) is 0 Å². The van der Waals surface area contributed by atoms with E-state index in [1.165, 1.54) is 16.5 Å². The molecule has 0 radical (unpaired) electrons. The first-order valence-electron chi connectivity index (χ1n) is 9.54. The molecule has 4 nitrogen and oxygen atoms in total. The van der Waals surface area contributed by atoms with Crippen molar-refractivity contribution in [3.63, 3.8) is 0 Å². The van der Waals surface area contributed by atoms with E-state index in [0.717, 1.165) is 35.8 Å². The number of aromatic carboxylic acids is 1. The molecule has 0 spiro atoms. The van der Waals surface area contributed by atoms with Crippen molar-refractivity contribution in [2.75, 3.05) is 0 Å². The predicted molar refractivity (Wildman–Crippen MR) is 113 cm³/mol. The highest BCUT2D eigenvalue weighted by molar-refractivity contribution is 6.31. The van der Waals surface area contributed by atoms with Crippen LogP contribution in [-0.2, 0) is 19.6 Å². The molecule has 4 aromatic rings. The predicted octanol–water partition coefficient (Wildman–Crippen LogP) is 2.97. The lowest BCUT2D eigenvalue weighted by Gasteiger charge is -2.07. The maximum absolute atomic E-state index is 10.9. The number of rotatable bonds is 7. The monoisotopic (exact) mass is 404 g/mol. The number of fused-ring (bicyclic) bond motifs is 1. The van der Waals surface area contributed by atoms with E-state index < -0.39 is 5.97 Å². The first-order chi connectivity index (χ1) is 14.1. The molecule has 0 aliphatic carbocycles. The van der Waals surface area contributed by atoms with Crippen molar-refractivity contribution in [3.05, 3.63) is 106 Å². The lowest BCUT2D eigenvalue weighted by molar-refractivity contribution is -0.686. The van der Waals surface area contributed by atoms with Crippen molar-refractivity contribution in [2.45, 2.75) is 19.6 Å². The summed E-state index contributed by atoms with van der Waals surface area (Å²) in [5.41, 5.74) is 4.83. The number of para-hydroxylation sites is 1. The van der Waals surface area contributed by atoms with Gasteiger partial charge in [0.1, 0.15) is 13.1 Å². The molecule has 0 fully saturated rings. The van der Waals surface area contributed by atoms with Gasteiger partial charge < -0.3 is 19.8 Å². The van der Waals surface area contributed by atoms with Gasteiger partial charge in [0.15, 0.2) is 0 Å². The number of quaternary nitrogens is 1. The maximum atomic E-state index is 10.9. The maximum Gasteiger partial charge on any atom is 0.104 e. The summed E-state index contributed by atoms with van der Waals surface area (Å²) in [4.78, 5) is 10.9. The van der Waals surface area contributed by atoms with Gasteiger partial charge in [-0.15, -0.1) is 0 Å². The Kier molecular flexibility index (Phi) is 5.65. The molecule has 5 heteroatoms. The highest BCUT2D eigenvalue weighted by Gasteiger charge is 2.11. The van der Waals surface area contributed by atoms with Crippen LogP contribution in [0.25, 0.3) is 10.9 Å². The van der Waals surface area contributed by atoms with Gasteiger partial charge in [-0.25, -0.2) is 0 Å². The second-order valence-electron chi connectivity index (χ2n) is 7.07. The van der Waals surface area contributed by atoms with Gasteiger partial charge in [-0.1, -0.05) is 72.3 Å². The fourth-order valence-electron chi connectivity index (χ4n) is 3.60. The Hall–Kier alpha value is -3.08. The molecule has 0 bridgehead atoms. The van der Waals surface area contributed by atoms with Gasteiger partial charge in [0.25, 0.3) is 0 Å². The Morgan fingerprint density at radius 2 is 1.62 bits per heavy atom. The normalized spacial score (nSPS) is 11.1. The Bertz CT molecular complexity index is 1150. The molecule has 0 aliphatic heterocycles. The minimum absolute atomic E-state index is 0.205. The van der Waals surface area contributed by atoms with Gasteiger partial charge >= 0.3 is 0 Å². The minimum atomic E-state index is -1.15. The lowest BCUT2D eigenvalue weighted by atomic mass is 10.1. The van der Waals surface area contributed by atoms with Crippen molar-refractivity contribution >= 4 is 28.5 Å². The fourth-order valence-corrected chi connectivity index (χ4v) is 3.79. The number of carboxylic acid groups (broad SMARTS) is 1. The summed E-state index contributed by atoms with van der Waals surface area (Å²) in [6.07, 6.45) is 2.20. The summed E-state index contributed by atoms with van der Waals surface area (Å²) in [5.74, 6) is -1.15. The van der Waals surface area contributed by atoms with Crippen LogP contribution < -0.4 is 10.4 Å². The molecule has 1 heterocycles. The zero-order valence-corrected chi connectivity index (χ0v) is 16.6. The fraction of sp³-hybridized carbons (Fsp3) is 0.125. The second kappa shape index (κ2) is 8.52. The third-order valence-corrected chi connectivity index (χ3v) is 5.47. The van der Waals surface area contributed by atoms with Crippen LogP contribution in [0.2, 0.25) is 5.02 Å². The van der Waals surface area contributed by atoms with Gasteiger partial charge in [0, 0.05) is 39.8 Å². The number of carbonyl (C=O) groups is 1. The van der Waals surface area contributed by atoms with Crippen LogP contribution in [0.4, 0.5) is 0 Å². The number of benzene rings is 3. The van der Waals surface area contributed by atoms with Crippen molar-refractivity contribution in [2.24, 2.45) is 0 Å². The average molecular weight is 405 g/mol. The molecule has 0 atom stereocenters. The van der Waals surface area contributed by atoms with Crippen molar-refractivity contribution in [1.82, 2.24) is 4.57 Å². The third kappa shape index (κ3) is 4.34. The number of nitrogens with zero attached hydrogens (tertiary/aromatic N) is 1. The zero-order chi connectivity index (χ0) is 20.2. The number of nitrogens with two attached hydrogens (primary N) is 1. The van der Waals surface area contributed by atoms with Crippen molar-refractivity contribution in [1.29, 1.82) is 0 Å². The number of carbonyl (C=O) groups excluding carboxylic acids is 1. The summed E-state index contributed by atoms with van der Waals surface area (Å²) in [7, 11) is 0. The molecule has 29 heavy (non-hydrogen) atoms. The molecule has 146 valence electrons. The van der Waals surface area contributed by atoms with Gasteiger partial charge in [0.05, 0.1) is 5.97 Å². The molecule has 1 aromatic heterocycles. The number of hydrogen-bond acceptors (Lipinski definition) is 2. The molecular weight excluding hydrogens is 384 g/mol. The summed E-state index contributed by atoms with van der Waals surface area (Å²) in [5, 5.41) is 15.1. The molecule has 3 aromatic carbocycles. The van der Waals surface area contributed by atoms with Crippen LogP contribution in [0.15, 0.2) is 79.0 Å². The van der Waals surface area contributed by atoms with Crippen LogP contribution >= 0.6 is 11.6 Å². The lowest BCUT2D eigenvalue weighted by Crippen LogP contribution is -2.80. The minimum Gasteiger partial charge on any atom is -0.545 e. The number of hydrogen-bond donors (Lipinski definition) is 1. The molecule has 0 saturated carbocycles. The largest absolute Gasteiger partial charge is 0.545 e. The Morgan fingerprint density at radius 3 is 2.38 bits per heavy atom. The molecule has 2 N–H and O–H groups in total. The van der Waals surface area contributed by atoms with Crippen LogP contribution in [-0.4, -0.2) is 10.5 Å². The van der Waals surface area contributed by atoms with E-state index in [2.05, 4.69) is 46.4 Å². The summed E-state index contributed by atoms with van der Waals surface area (Å²) in [6.45, 7) is 2.33. The number of carboxylic acids is 1. The smallest absolute Gasteiger partial charge is 0.104 e. The van der Waals surface area contributed by atoms with E-state index in [-0.39, 0.29) is 5.56 Å². The SMILES string of the molecule is O=C([O-])c1ccc(C[NH2+]Cc2cn(Cc3ccccc3Cl)c3ccccc23)cc1. The molecule has 0 aliphatic rings. The molecule has 0 amide bonds. The standard InChI is InChI=1S/C24H21ClN2O2/c25-22-7-3-1-5-19(22)15-27-16-20(21-6-2-4-8-23(21)27)14-26-13-17-9-11-18(12-10-17)24(28)29/h1-12,16,26H,13-15H2,(H,28,29). The second-order valence-corrected chi connectivity index (χ2v) is 7.48. The topological polar surface area (TPSA) is 61.7 Å². The van der Waals surface area contributed by atoms with Gasteiger partial charge in [-0.3, -0.25) is 0 Å². The van der Waals surface area contributed by atoms with E-state index in [1.807, 2.05) is 30.3 Å². The summed E-state index contributed by atoms with van der Waals surface area (Å²) < 4.78 is 2.24. The highest BCUT2D eigenvalue weighted by atomic mass is 35.5. The van der Waals surface area contributed by atoms with Crippen LogP contribution in [0, 0.1) is 0 Å². The molecule has 4 rings (SSSR count). The third-order valence-electron chi connectivity index (χ3n) is 5.10. The van der Waals surface area contributed by atoms with Crippen molar-refractivity contribution < 1.29 is 15.2 Å². The first kappa shape index (κ1) is 19.2. The first-order valence-corrected chi connectivity index (χ1v) is 9.92. The van der Waals surface area contributed by atoms with Gasteiger partial charge in [-0.05, 0) is 23.3 Å². The zero-order valence-electron chi connectivity index (χ0n) is 15.8. The highest BCUT2D eigenvalue weighted by Crippen LogP contribution is 2.24. The van der Waals surface area contributed by atoms with E-state index in [0.29, 0.717) is 0 Å². The summed E-state index contributed by atoms with van der Waals surface area (Å²) in [6, 6.07) is 23.2. The van der Waals surface area contributed by atoms with E-state index in [9.17, 15) is 9.90 Å². The average Bonchev–Trinajstić information content (AvgIpc) is 3.08. The van der Waals surface area contributed by atoms with E-state index >= 15 is 0 Å². The van der Waals surface area contributed by atoms with E-state index in [4.69, 9.17) is 11.6 Å². The number of aromatic nitrogens is 1. The molecular formula is C24H21ClN2O2. The van der Waals surface area contributed by atoms with Crippen molar-refractivity contribution in [3.8, 4) is 0 Å². The Labute approximate surface area is 174 Å². The Morgan fingerprint density at radius 1 is 0.897 bits per heavy atom.